The largest absolute Gasteiger partial charge is 0.383 e. The van der Waals surface area contributed by atoms with E-state index in [4.69, 9.17) is 16.3 Å². The Bertz CT molecular complexity index is 619. The Morgan fingerprint density at radius 3 is 2.90 bits per heavy atom. The molecule has 2 N–H and O–H groups in total. The minimum Gasteiger partial charge on any atom is -0.383 e. The van der Waals surface area contributed by atoms with Crippen LogP contribution in [-0.4, -0.2) is 31.2 Å². The number of carbonyl (C=O) groups is 1. The lowest BCUT2D eigenvalue weighted by atomic mass is 9.83. The van der Waals surface area contributed by atoms with Gasteiger partial charge in [0.15, 0.2) is 0 Å². The average molecular weight is 295 g/mol. The molecule has 4 nitrogen and oxygen atoms in total. The fourth-order valence-corrected chi connectivity index (χ4v) is 2.40. The molecule has 2 rings (SSSR count). The number of aromatic amines is 1. The van der Waals surface area contributed by atoms with Crippen LogP contribution in [0.4, 0.5) is 0 Å². The van der Waals surface area contributed by atoms with Gasteiger partial charge in [-0.1, -0.05) is 17.7 Å². The lowest BCUT2D eigenvalue weighted by Gasteiger charge is -2.23. The van der Waals surface area contributed by atoms with Gasteiger partial charge in [-0.05, 0) is 31.5 Å². The Kier molecular flexibility index (Phi) is 4.35. The maximum Gasteiger partial charge on any atom is 0.230 e. The predicted octanol–water partition coefficient (Wildman–Crippen LogP) is 2.86. The summed E-state index contributed by atoms with van der Waals surface area (Å²) in [5, 5.41) is 4.57. The number of carbonyl (C=O) groups excluding carboxylic acids is 1. The van der Waals surface area contributed by atoms with E-state index < -0.39 is 5.41 Å². The number of amides is 1. The zero-order chi connectivity index (χ0) is 14.8. The van der Waals surface area contributed by atoms with Crippen molar-refractivity contribution in [3.63, 3.8) is 0 Å². The topological polar surface area (TPSA) is 54.1 Å². The maximum absolute atomic E-state index is 12.3. The van der Waals surface area contributed by atoms with Crippen molar-refractivity contribution in [2.24, 2.45) is 0 Å². The number of benzene rings is 1. The summed E-state index contributed by atoms with van der Waals surface area (Å²) >= 11 is 5.98. The van der Waals surface area contributed by atoms with Crippen molar-refractivity contribution < 1.29 is 9.53 Å². The van der Waals surface area contributed by atoms with Crippen LogP contribution in [0.2, 0.25) is 5.02 Å². The van der Waals surface area contributed by atoms with E-state index in [2.05, 4.69) is 10.3 Å². The van der Waals surface area contributed by atoms with Gasteiger partial charge in [-0.3, -0.25) is 4.79 Å². The first-order valence-corrected chi connectivity index (χ1v) is 6.89. The van der Waals surface area contributed by atoms with Crippen LogP contribution < -0.4 is 5.32 Å². The Labute approximate surface area is 123 Å². The van der Waals surface area contributed by atoms with Crippen molar-refractivity contribution in [3.8, 4) is 0 Å². The first kappa shape index (κ1) is 14.9. The molecule has 0 fully saturated rings. The molecule has 0 saturated carbocycles. The monoisotopic (exact) mass is 294 g/mol. The van der Waals surface area contributed by atoms with Crippen molar-refractivity contribution >= 4 is 28.4 Å². The number of halogens is 1. The van der Waals surface area contributed by atoms with E-state index in [1.165, 1.54) is 0 Å². The molecule has 0 atom stereocenters. The number of nitrogens with one attached hydrogen (secondary N) is 2. The molecular weight excluding hydrogens is 276 g/mol. The molecule has 0 unspecified atom stereocenters. The summed E-state index contributed by atoms with van der Waals surface area (Å²) in [7, 11) is 1.61. The van der Waals surface area contributed by atoms with Gasteiger partial charge >= 0.3 is 0 Å². The average Bonchev–Trinajstić information content (AvgIpc) is 2.82. The summed E-state index contributed by atoms with van der Waals surface area (Å²) in [6.07, 6.45) is 1.87. The van der Waals surface area contributed by atoms with Gasteiger partial charge in [-0.25, -0.2) is 0 Å². The number of rotatable bonds is 5. The minimum atomic E-state index is -0.625. The summed E-state index contributed by atoms with van der Waals surface area (Å²) < 4.78 is 4.94. The Morgan fingerprint density at radius 1 is 1.45 bits per heavy atom. The van der Waals surface area contributed by atoms with Gasteiger partial charge in [0.05, 0.1) is 12.0 Å². The smallest absolute Gasteiger partial charge is 0.230 e. The van der Waals surface area contributed by atoms with Crippen LogP contribution in [-0.2, 0) is 14.9 Å². The van der Waals surface area contributed by atoms with Crippen molar-refractivity contribution in [2.45, 2.75) is 19.3 Å². The van der Waals surface area contributed by atoms with E-state index in [1.807, 2.05) is 38.2 Å². The van der Waals surface area contributed by atoms with Crippen LogP contribution in [0.3, 0.4) is 0 Å². The van der Waals surface area contributed by atoms with Crippen LogP contribution in [0.25, 0.3) is 10.9 Å². The molecular formula is C15H19ClN2O2. The second-order valence-corrected chi connectivity index (χ2v) is 5.70. The summed E-state index contributed by atoms with van der Waals surface area (Å²) in [5.74, 6) is -0.0228. The molecule has 0 bridgehead atoms. The van der Waals surface area contributed by atoms with Crippen molar-refractivity contribution in [1.82, 2.24) is 10.3 Å². The van der Waals surface area contributed by atoms with E-state index in [-0.39, 0.29) is 5.91 Å². The molecule has 0 saturated heterocycles. The molecule has 1 aromatic heterocycles. The third-order valence-corrected chi connectivity index (χ3v) is 3.71. The normalized spacial score (nSPS) is 11.8. The van der Waals surface area contributed by atoms with Gasteiger partial charge in [0.2, 0.25) is 5.91 Å². The highest BCUT2D eigenvalue weighted by molar-refractivity contribution is 6.31. The van der Waals surface area contributed by atoms with Crippen LogP contribution in [0.15, 0.2) is 24.4 Å². The summed E-state index contributed by atoms with van der Waals surface area (Å²) in [6.45, 7) is 4.83. The van der Waals surface area contributed by atoms with Crippen molar-refractivity contribution in [1.29, 1.82) is 0 Å². The quantitative estimate of drug-likeness (QED) is 0.833. The van der Waals surface area contributed by atoms with Crippen molar-refractivity contribution in [2.75, 3.05) is 20.3 Å². The number of fused-ring (bicyclic) bond motifs is 1. The molecule has 0 radical (unpaired) electrons. The second kappa shape index (κ2) is 5.85. The molecule has 0 aliphatic heterocycles. The molecule has 108 valence electrons. The van der Waals surface area contributed by atoms with E-state index in [1.54, 1.807) is 7.11 Å². The number of ether oxygens (including phenoxy) is 1. The van der Waals surface area contributed by atoms with Crippen molar-refractivity contribution in [3.05, 3.63) is 35.0 Å². The second-order valence-electron chi connectivity index (χ2n) is 5.27. The molecule has 0 aliphatic rings. The summed E-state index contributed by atoms with van der Waals surface area (Å²) in [4.78, 5) is 15.5. The van der Waals surface area contributed by atoms with Gasteiger partial charge in [0.25, 0.3) is 0 Å². The maximum atomic E-state index is 12.3. The van der Waals surface area contributed by atoms with Crippen LogP contribution >= 0.6 is 11.6 Å². The van der Waals surface area contributed by atoms with Crippen LogP contribution in [0.1, 0.15) is 19.4 Å². The molecule has 1 amide bonds. The SMILES string of the molecule is COCCNC(=O)C(C)(C)c1c[nH]c2cc(Cl)ccc12. The van der Waals surface area contributed by atoms with Gasteiger partial charge in [0.1, 0.15) is 0 Å². The predicted molar refractivity (Wildman–Crippen MR) is 81.2 cm³/mol. The van der Waals surface area contributed by atoms with E-state index in [9.17, 15) is 4.79 Å². The minimum absolute atomic E-state index is 0.0228. The Morgan fingerprint density at radius 2 is 2.20 bits per heavy atom. The third kappa shape index (κ3) is 2.81. The van der Waals surface area contributed by atoms with Crippen LogP contribution in [0.5, 0.6) is 0 Å². The zero-order valence-corrected chi connectivity index (χ0v) is 12.7. The summed E-state index contributed by atoms with van der Waals surface area (Å²) in [6, 6.07) is 5.63. The first-order chi connectivity index (χ1) is 9.46. The Hall–Kier alpha value is -1.52. The third-order valence-electron chi connectivity index (χ3n) is 3.48. The molecule has 1 heterocycles. The molecule has 2 aromatic rings. The van der Waals surface area contributed by atoms with Gasteiger partial charge in [-0.2, -0.15) is 0 Å². The highest BCUT2D eigenvalue weighted by Gasteiger charge is 2.31. The highest BCUT2D eigenvalue weighted by Crippen LogP contribution is 2.31. The molecule has 0 spiro atoms. The number of hydrogen-bond acceptors (Lipinski definition) is 2. The molecule has 1 aromatic carbocycles. The number of aromatic nitrogens is 1. The zero-order valence-electron chi connectivity index (χ0n) is 11.9. The van der Waals surface area contributed by atoms with Gasteiger partial charge in [-0.15, -0.1) is 0 Å². The summed E-state index contributed by atoms with van der Waals surface area (Å²) in [5.41, 5.74) is 1.27. The molecule has 20 heavy (non-hydrogen) atoms. The van der Waals surface area contributed by atoms with Gasteiger partial charge in [0, 0.05) is 35.8 Å². The van der Waals surface area contributed by atoms with E-state index in [0.29, 0.717) is 18.2 Å². The first-order valence-electron chi connectivity index (χ1n) is 6.51. The van der Waals surface area contributed by atoms with E-state index in [0.717, 1.165) is 16.5 Å². The van der Waals surface area contributed by atoms with Gasteiger partial charge < -0.3 is 15.0 Å². The van der Waals surface area contributed by atoms with E-state index >= 15 is 0 Å². The fraction of sp³-hybridized carbons (Fsp3) is 0.400. The number of hydrogen-bond donors (Lipinski definition) is 2. The molecule has 5 heteroatoms. The lowest BCUT2D eigenvalue weighted by molar-refractivity contribution is -0.125. The number of methoxy groups -OCH3 is 1. The lowest BCUT2D eigenvalue weighted by Crippen LogP contribution is -2.41. The molecule has 0 aliphatic carbocycles. The van der Waals surface area contributed by atoms with Crippen LogP contribution in [0, 0.1) is 0 Å². The number of H-pyrrole nitrogens is 1. The standard InChI is InChI=1S/C15H19ClN2O2/c1-15(2,14(19)17-6-7-20-3)12-9-18-13-8-10(16)4-5-11(12)13/h4-5,8-9,18H,6-7H2,1-3H3,(H,17,19). The Balaban J connectivity index is 2.29. The highest BCUT2D eigenvalue weighted by atomic mass is 35.5. The fourth-order valence-electron chi connectivity index (χ4n) is 2.23.